The fourth-order valence-electron chi connectivity index (χ4n) is 1.42. The number of thioether (sulfide) groups is 1. The lowest BCUT2D eigenvalue weighted by Crippen LogP contribution is -1.91. The van der Waals surface area contributed by atoms with Gasteiger partial charge in [-0.15, -0.1) is 11.8 Å². The van der Waals surface area contributed by atoms with Gasteiger partial charge in [-0.2, -0.15) is 0 Å². The van der Waals surface area contributed by atoms with E-state index in [-0.39, 0.29) is 0 Å². The number of nitrogen functional groups attached to an aromatic ring is 1. The molecule has 3 nitrogen and oxygen atoms in total. The zero-order valence-corrected chi connectivity index (χ0v) is 10.4. The molecule has 0 aliphatic rings. The number of methoxy groups -OCH3 is 1. The summed E-state index contributed by atoms with van der Waals surface area (Å²) in [5, 5.41) is 0. The fourth-order valence-corrected chi connectivity index (χ4v) is 2.38. The number of para-hydroxylation sites is 1. The Bertz CT molecular complexity index is 485. The summed E-state index contributed by atoms with van der Waals surface area (Å²) in [5.74, 6) is 2.31. The van der Waals surface area contributed by atoms with Crippen LogP contribution >= 0.6 is 11.8 Å². The molecule has 0 atom stereocenters. The molecule has 2 N–H and O–H groups in total. The highest BCUT2D eigenvalue weighted by atomic mass is 32.2. The van der Waals surface area contributed by atoms with E-state index in [1.807, 2.05) is 36.4 Å². The maximum absolute atomic E-state index is 5.54. The molecule has 0 saturated heterocycles. The zero-order valence-electron chi connectivity index (χ0n) is 9.59. The number of pyridine rings is 1. The second kappa shape index (κ2) is 5.59. The van der Waals surface area contributed by atoms with E-state index in [0.29, 0.717) is 5.82 Å². The lowest BCUT2D eigenvalue weighted by molar-refractivity contribution is 0.405. The first-order chi connectivity index (χ1) is 8.29. The Morgan fingerprint density at radius 3 is 2.76 bits per heavy atom. The first-order valence-corrected chi connectivity index (χ1v) is 6.24. The van der Waals surface area contributed by atoms with E-state index < -0.39 is 0 Å². The molecule has 0 spiro atoms. The highest BCUT2D eigenvalue weighted by Crippen LogP contribution is 2.30. The number of anilines is 1. The van der Waals surface area contributed by atoms with Gasteiger partial charge in [0.2, 0.25) is 0 Å². The van der Waals surface area contributed by atoms with Crippen LogP contribution in [0.2, 0.25) is 0 Å². The van der Waals surface area contributed by atoms with E-state index in [0.717, 1.165) is 22.0 Å². The van der Waals surface area contributed by atoms with Crippen LogP contribution in [0.25, 0.3) is 0 Å². The van der Waals surface area contributed by atoms with Crippen LogP contribution in [0.3, 0.4) is 0 Å². The van der Waals surface area contributed by atoms with Crippen molar-refractivity contribution in [1.82, 2.24) is 4.98 Å². The smallest absolute Gasteiger partial charge is 0.132 e. The molecule has 17 heavy (non-hydrogen) atoms. The Hall–Kier alpha value is -1.68. The molecule has 88 valence electrons. The predicted molar refractivity (Wildman–Crippen MR) is 71.2 cm³/mol. The van der Waals surface area contributed by atoms with Gasteiger partial charge in [-0.25, -0.2) is 4.98 Å². The second-order valence-corrected chi connectivity index (χ2v) is 4.55. The topological polar surface area (TPSA) is 48.1 Å². The number of benzene rings is 1. The van der Waals surface area contributed by atoms with Crippen molar-refractivity contribution in [3.05, 3.63) is 48.2 Å². The number of hydrogen-bond donors (Lipinski definition) is 1. The lowest BCUT2D eigenvalue weighted by Gasteiger charge is -2.07. The van der Waals surface area contributed by atoms with Gasteiger partial charge in [0.05, 0.1) is 7.11 Å². The maximum Gasteiger partial charge on any atom is 0.132 e. The summed E-state index contributed by atoms with van der Waals surface area (Å²) < 4.78 is 5.30. The lowest BCUT2D eigenvalue weighted by atomic mass is 10.3. The Kier molecular flexibility index (Phi) is 3.88. The van der Waals surface area contributed by atoms with Gasteiger partial charge < -0.3 is 10.5 Å². The summed E-state index contributed by atoms with van der Waals surface area (Å²) in [7, 11) is 1.68. The summed E-state index contributed by atoms with van der Waals surface area (Å²) >= 11 is 1.72. The third kappa shape index (κ3) is 3.14. The summed E-state index contributed by atoms with van der Waals surface area (Å²) in [6.45, 7) is 0. The molecule has 0 amide bonds. The number of rotatable bonds is 4. The minimum Gasteiger partial charge on any atom is -0.496 e. The molecule has 0 fully saturated rings. The van der Waals surface area contributed by atoms with Crippen LogP contribution in [0.4, 0.5) is 5.82 Å². The molecule has 0 radical (unpaired) electrons. The molecular formula is C13H14N2OS. The van der Waals surface area contributed by atoms with E-state index in [1.165, 1.54) is 0 Å². The first kappa shape index (κ1) is 11.8. The van der Waals surface area contributed by atoms with E-state index >= 15 is 0 Å². The van der Waals surface area contributed by atoms with Crippen LogP contribution < -0.4 is 10.5 Å². The SMILES string of the molecule is COc1ccccc1SCc1ccc(N)nc1. The molecule has 1 aromatic heterocycles. The van der Waals surface area contributed by atoms with Crippen LogP contribution in [0.15, 0.2) is 47.5 Å². The number of hydrogen-bond acceptors (Lipinski definition) is 4. The van der Waals surface area contributed by atoms with Gasteiger partial charge in [-0.05, 0) is 23.8 Å². The van der Waals surface area contributed by atoms with Crippen LogP contribution in [-0.2, 0) is 5.75 Å². The van der Waals surface area contributed by atoms with Crippen molar-refractivity contribution >= 4 is 17.6 Å². The summed E-state index contributed by atoms with van der Waals surface area (Å²) in [6, 6.07) is 11.8. The Balaban J connectivity index is 2.04. The van der Waals surface area contributed by atoms with Crippen molar-refractivity contribution in [3.63, 3.8) is 0 Å². The van der Waals surface area contributed by atoms with E-state index in [4.69, 9.17) is 10.5 Å². The van der Waals surface area contributed by atoms with Gasteiger partial charge in [0.15, 0.2) is 0 Å². The number of ether oxygens (including phenoxy) is 1. The Morgan fingerprint density at radius 1 is 1.24 bits per heavy atom. The first-order valence-electron chi connectivity index (χ1n) is 5.26. The van der Waals surface area contributed by atoms with E-state index in [2.05, 4.69) is 4.98 Å². The quantitative estimate of drug-likeness (QED) is 0.843. The van der Waals surface area contributed by atoms with Crippen molar-refractivity contribution in [2.24, 2.45) is 0 Å². The fraction of sp³-hybridized carbons (Fsp3) is 0.154. The molecule has 1 aromatic carbocycles. The Labute approximate surface area is 105 Å². The largest absolute Gasteiger partial charge is 0.496 e. The Morgan fingerprint density at radius 2 is 2.06 bits per heavy atom. The molecule has 4 heteroatoms. The maximum atomic E-state index is 5.54. The normalized spacial score (nSPS) is 10.2. The standard InChI is InChI=1S/C13H14N2OS/c1-16-11-4-2-3-5-12(11)17-9-10-6-7-13(14)15-8-10/h2-8H,9H2,1H3,(H2,14,15). The van der Waals surface area contributed by atoms with Gasteiger partial charge >= 0.3 is 0 Å². The van der Waals surface area contributed by atoms with Crippen molar-refractivity contribution < 1.29 is 4.74 Å². The molecular weight excluding hydrogens is 232 g/mol. The van der Waals surface area contributed by atoms with Crippen molar-refractivity contribution in [2.45, 2.75) is 10.6 Å². The second-order valence-electron chi connectivity index (χ2n) is 3.53. The summed E-state index contributed by atoms with van der Waals surface area (Å²) in [4.78, 5) is 5.20. The minimum absolute atomic E-state index is 0.552. The van der Waals surface area contributed by atoms with Gasteiger partial charge in [0.25, 0.3) is 0 Å². The van der Waals surface area contributed by atoms with Crippen LogP contribution in [0.5, 0.6) is 5.75 Å². The van der Waals surface area contributed by atoms with Gasteiger partial charge in [-0.1, -0.05) is 18.2 Å². The molecule has 1 heterocycles. The van der Waals surface area contributed by atoms with Gasteiger partial charge in [0, 0.05) is 16.8 Å². The molecule has 2 aromatic rings. The molecule has 0 bridgehead atoms. The highest BCUT2D eigenvalue weighted by molar-refractivity contribution is 7.98. The highest BCUT2D eigenvalue weighted by Gasteiger charge is 2.02. The molecule has 0 unspecified atom stereocenters. The van der Waals surface area contributed by atoms with Gasteiger partial charge in [-0.3, -0.25) is 0 Å². The predicted octanol–water partition coefficient (Wildman–Crippen LogP) is 2.96. The van der Waals surface area contributed by atoms with Gasteiger partial charge in [0.1, 0.15) is 11.6 Å². The number of nitrogens with zero attached hydrogens (tertiary/aromatic N) is 1. The monoisotopic (exact) mass is 246 g/mol. The minimum atomic E-state index is 0.552. The third-order valence-corrected chi connectivity index (χ3v) is 3.44. The average molecular weight is 246 g/mol. The zero-order chi connectivity index (χ0) is 12.1. The van der Waals surface area contributed by atoms with E-state index in [9.17, 15) is 0 Å². The summed E-state index contributed by atoms with van der Waals surface area (Å²) in [6.07, 6.45) is 1.80. The van der Waals surface area contributed by atoms with Crippen LogP contribution in [-0.4, -0.2) is 12.1 Å². The average Bonchev–Trinajstić information content (AvgIpc) is 2.38. The van der Waals surface area contributed by atoms with E-state index in [1.54, 1.807) is 25.1 Å². The molecule has 2 rings (SSSR count). The third-order valence-electron chi connectivity index (χ3n) is 2.31. The van der Waals surface area contributed by atoms with Crippen molar-refractivity contribution in [1.29, 1.82) is 0 Å². The van der Waals surface area contributed by atoms with Crippen LogP contribution in [0, 0.1) is 0 Å². The van der Waals surface area contributed by atoms with Crippen molar-refractivity contribution in [2.75, 3.05) is 12.8 Å². The number of nitrogens with two attached hydrogens (primary N) is 1. The summed E-state index contributed by atoms with van der Waals surface area (Å²) in [5.41, 5.74) is 6.69. The van der Waals surface area contributed by atoms with Crippen molar-refractivity contribution in [3.8, 4) is 5.75 Å². The number of aromatic nitrogens is 1. The molecule has 0 aliphatic heterocycles. The van der Waals surface area contributed by atoms with Crippen LogP contribution in [0.1, 0.15) is 5.56 Å². The molecule has 0 saturated carbocycles. The molecule has 0 aliphatic carbocycles.